The van der Waals surface area contributed by atoms with Gasteiger partial charge in [0.25, 0.3) is 0 Å². The summed E-state index contributed by atoms with van der Waals surface area (Å²) in [6, 6.07) is 13.9. The third-order valence-corrected chi connectivity index (χ3v) is 2.99. The monoisotopic (exact) mass is 272 g/mol. The first-order valence-corrected chi connectivity index (χ1v) is 6.57. The lowest BCUT2D eigenvalue weighted by Crippen LogP contribution is -2.22. The van der Waals surface area contributed by atoms with Gasteiger partial charge in [0.05, 0.1) is 12.2 Å². The van der Waals surface area contributed by atoms with E-state index in [1.807, 2.05) is 24.3 Å². The van der Waals surface area contributed by atoms with Crippen molar-refractivity contribution in [2.75, 3.05) is 17.2 Å². The molecule has 0 unspecified atom stereocenters. The van der Waals surface area contributed by atoms with Crippen molar-refractivity contribution < 1.29 is 9.18 Å². The average Bonchev–Trinajstić information content (AvgIpc) is 2.48. The van der Waals surface area contributed by atoms with Crippen LogP contribution in [0.5, 0.6) is 0 Å². The van der Waals surface area contributed by atoms with Gasteiger partial charge in [0.2, 0.25) is 5.91 Å². The van der Waals surface area contributed by atoms with E-state index in [1.54, 1.807) is 12.1 Å². The first-order chi connectivity index (χ1) is 9.70. The predicted octanol–water partition coefficient (Wildman–Crippen LogP) is 3.44. The molecule has 0 aliphatic heterocycles. The van der Waals surface area contributed by atoms with E-state index >= 15 is 0 Å². The molecule has 0 bridgehead atoms. The Morgan fingerprint density at radius 2 is 1.70 bits per heavy atom. The summed E-state index contributed by atoms with van der Waals surface area (Å²) >= 11 is 0. The van der Waals surface area contributed by atoms with Crippen LogP contribution in [-0.2, 0) is 11.2 Å². The van der Waals surface area contributed by atoms with Crippen LogP contribution in [0.1, 0.15) is 12.5 Å². The minimum absolute atomic E-state index is 0.103. The molecule has 0 saturated carbocycles. The highest BCUT2D eigenvalue weighted by atomic mass is 19.1. The van der Waals surface area contributed by atoms with E-state index in [-0.39, 0.29) is 18.1 Å². The third kappa shape index (κ3) is 3.57. The molecule has 2 aromatic carbocycles. The standard InChI is InChI=1S/C16H17FN2O/c1-2-12-7-3-5-9-14(12)18-11-16(20)19-15-10-6-4-8-13(15)17/h3-10,18H,2,11H2,1H3,(H,19,20). The maximum Gasteiger partial charge on any atom is 0.243 e. The zero-order chi connectivity index (χ0) is 14.4. The average molecular weight is 272 g/mol. The van der Waals surface area contributed by atoms with Crippen molar-refractivity contribution in [2.24, 2.45) is 0 Å². The lowest BCUT2D eigenvalue weighted by atomic mass is 10.1. The minimum Gasteiger partial charge on any atom is -0.376 e. The van der Waals surface area contributed by atoms with Crippen molar-refractivity contribution in [1.82, 2.24) is 0 Å². The van der Waals surface area contributed by atoms with Gasteiger partial charge >= 0.3 is 0 Å². The number of halogens is 1. The Labute approximate surface area is 117 Å². The largest absolute Gasteiger partial charge is 0.376 e. The molecule has 0 aliphatic rings. The fourth-order valence-corrected chi connectivity index (χ4v) is 1.93. The van der Waals surface area contributed by atoms with Gasteiger partial charge in [-0.15, -0.1) is 0 Å². The zero-order valence-corrected chi connectivity index (χ0v) is 11.3. The predicted molar refractivity (Wildman–Crippen MR) is 79.3 cm³/mol. The van der Waals surface area contributed by atoms with Crippen molar-refractivity contribution in [1.29, 1.82) is 0 Å². The van der Waals surface area contributed by atoms with Crippen molar-refractivity contribution in [3.63, 3.8) is 0 Å². The summed E-state index contributed by atoms with van der Waals surface area (Å²) in [5.41, 5.74) is 2.27. The van der Waals surface area contributed by atoms with Gasteiger partial charge in [0, 0.05) is 5.69 Å². The molecule has 2 N–H and O–H groups in total. The number of hydrogen-bond donors (Lipinski definition) is 2. The molecule has 0 spiro atoms. The summed E-state index contributed by atoms with van der Waals surface area (Å²) in [7, 11) is 0. The molecule has 104 valence electrons. The number of amides is 1. The fraction of sp³-hybridized carbons (Fsp3) is 0.188. The van der Waals surface area contributed by atoms with Gasteiger partial charge in [-0.1, -0.05) is 37.3 Å². The second-order valence-electron chi connectivity index (χ2n) is 4.39. The first kappa shape index (κ1) is 14.1. The van der Waals surface area contributed by atoms with Gasteiger partial charge < -0.3 is 10.6 Å². The van der Waals surface area contributed by atoms with Crippen LogP contribution < -0.4 is 10.6 Å². The van der Waals surface area contributed by atoms with Crippen LogP contribution in [-0.4, -0.2) is 12.5 Å². The molecule has 1 amide bonds. The molecule has 4 heteroatoms. The molecule has 2 aromatic rings. The number of hydrogen-bond acceptors (Lipinski definition) is 2. The lowest BCUT2D eigenvalue weighted by Gasteiger charge is -2.11. The van der Waals surface area contributed by atoms with Crippen LogP contribution >= 0.6 is 0 Å². The normalized spacial score (nSPS) is 10.1. The molecule has 2 rings (SSSR count). The molecule has 0 saturated heterocycles. The summed E-state index contributed by atoms with van der Waals surface area (Å²) < 4.78 is 13.4. The number of aryl methyl sites for hydroxylation is 1. The number of anilines is 2. The molecule has 0 heterocycles. The maximum absolute atomic E-state index is 13.4. The SMILES string of the molecule is CCc1ccccc1NCC(=O)Nc1ccccc1F. The quantitative estimate of drug-likeness (QED) is 0.875. The van der Waals surface area contributed by atoms with Crippen molar-refractivity contribution in [2.45, 2.75) is 13.3 Å². The van der Waals surface area contributed by atoms with E-state index in [2.05, 4.69) is 17.6 Å². The van der Waals surface area contributed by atoms with Crippen molar-refractivity contribution in [3.05, 3.63) is 59.9 Å². The van der Waals surface area contributed by atoms with Crippen LogP contribution in [0, 0.1) is 5.82 Å². The second kappa shape index (κ2) is 6.70. The number of carbonyl (C=O) groups is 1. The van der Waals surface area contributed by atoms with Crippen LogP contribution in [0.3, 0.4) is 0 Å². The molecule has 0 fully saturated rings. The van der Waals surface area contributed by atoms with Gasteiger partial charge in [-0.3, -0.25) is 4.79 Å². The smallest absolute Gasteiger partial charge is 0.243 e. The molecule has 0 radical (unpaired) electrons. The highest BCUT2D eigenvalue weighted by Gasteiger charge is 2.07. The number of carbonyl (C=O) groups excluding carboxylic acids is 1. The van der Waals surface area contributed by atoms with E-state index in [1.165, 1.54) is 12.1 Å². The topological polar surface area (TPSA) is 41.1 Å². The zero-order valence-electron chi connectivity index (χ0n) is 11.3. The van der Waals surface area contributed by atoms with E-state index in [4.69, 9.17) is 0 Å². The van der Waals surface area contributed by atoms with E-state index in [0.29, 0.717) is 0 Å². The number of nitrogens with one attached hydrogen (secondary N) is 2. The lowest BCUT2D eigenvalue weighted by molar-refractivity contribution is -0.114. The Morgan fingerprint density at radius 3 is 2.40 bits per heavy atom. The minimum atomic E-state index is -0.435. The Hall–Kier alpha value is -2.36. The summed E-state index contributed by atoms with van der Waals surface area (Å²) in [6.07, 6.45) is 0.887. The highest BCUT2D eigenvalue weighted by molar-refractivity contribution is 5.93. The third-order valence-electron chi connectivity index (χ3n) is 2.99. The highest BCUT2D eigenvalue weighted by Crippen LogP contribution is 2.15. The number of rotatable bonds is 5. The number of para-hydroxylation sites is 2. The fourth-order valence-electron chi connectivity index (χ4n) is 1.93. The summed E-state index contributed by atoms with van der Waals surface area (Å²) in [4.78, 5) is 11.8. The molecule has 20 heavy (non-hydrogen) atoms. The van der Waals surface area contributed by atoms with Crippen LogP contribution in [0.4, 0.5) is 15.8 Å². The maximum atomic E-state index is 13.4. The molecule has 3 nitrogen and oxygen atoms in total. The van der Waals surface area contributed by atoms with Crippen molar-refractivity contribution >= 4 is 17.3 Å². The van der Waals surface area contributed by atoms with Crippen LogP contribution in [0.15, 0.2) is 48.5 Å². The summed E-state index contributed by atoms with van der Waals surface area (Å²) in [5.74, 6) is -0.712. The molecule has 0 aromatic heterocycles. The Kier molecular flexibility index (Phi) is 4.71. The van der Waals surface area contributed by atoms with E-state index in [9.17, 15) is 9.18 Å². The van der Waals surface area contributed by atoms with Crippen LogP contribution in [0.2, 0.25) is 0 Å². The molecular weight excluding hydrogens is 255 g/mol. The van der Waals surface area contributed by atoms with Gasteiger partial charge in [0.1, 0.15) is 5.82 Å². The van der Waals surface area contributed by atoms with E-state index in [0.717, 1.165) is 17.7 Å². The van der Waals surface area contributed by atoms with Gasteiger partial charge in [-0.05, 0) is 30.2 Å². The first-order valence-electron chi connectivity index (χ1n) is 6.57. The molecule has 0 atom stereocenters. The van der Waals surface area contributed by atoms with Crippen LogP contribution in [0.25, 0.3) is 0 Å². The summed E-state index contributed by atoms with van der Waals surface area (Å²) in [5, 5.41) is 5.61. The second-order valence-corrected chi connectivity index (χ2v) is 4.39. The number of benzene rings is 2. The van der Waals surface area contributed by atoms with Gasteiger partial charge in [-0.2, -0.15) is 0 Å². The molecular formula is C16H17FN2O. The summed E-state index contributed by atoms with van der Waals surface area (Å²) in [6.45, 7) is 2.16. The Morgan fingerprint density at radius 1 is 1.05 bits per heavy atom. The Balaban J connectivity index is 1.94. The van der Waals surface area contributed by atoms with Gasteiger partial charge in [0.15, 0.2) is 0 Å². The van der Waals surface area contributed by atoms with E-state index < -0.39 is 5.82 Å². The molecule has 0 aliphatic carbocycles. The Bertz CT molecular complexity index is 599. The van der Waals surface area contributed by atoms with Crippen molar-refractivity contribution in [3.8, 4) is 0 Å². The van der Waals surface area contributed by atoms with Gasteiger partial charge in [-0.25, -0.2) is 4.39 Å².